The van der Waals surface area contributed by atoms with Crippen LogP contribution in [0.4, 0.5) is 0 Å². The molecule has 1 aromatic carbocycles. The van der Waals surface area contributed by atoms with E-state index in [1.165, 1.54) is 14.2 Å². The van der Waals surface area contributed by atoms with Gasteiger partial charge in [-0.3, -0.25) is 9.59 Å². The molecule has 2 aliphatic rings. The predicted octanol–water partition coefficient (Wildman–Crippen LogP) is 2.40. The lowest BCUT2D eigenvalue weighted by Gasteiger charge is -2.29. The van der Waals surface area contributed by atoms with Gasteiger partial charge >= 0.3 is 11.9 Å². The molecule has 1 aromatic rings. The minimum Gasteiger partial charge on any atom is -0.468 e. The van der Waals surface area contributed by atoms with Gasteiger partial charge in [-0.2, -0.15) is 0 Å². The summed E-state index contributed by atoms with van der Waals surface area (Å²) in [6, 6.07) is 5.14. The van der Waals surface area contributed by atoms with E-state index in [0.717, 1.165) is 0 Å². The molecule has 2 unspecified atom stereocenters. The Hall–Kier alpha value is -2.54. The maximum absolute atomic E-state index is 12.8. The number of benzene rings is 1. The zero-order valence-electron chi connectivity index (χ0n) is 15.2. The van der Waals surface area contributed by atoms with Crippen molar-refractivity contribution >= 4 is 11.9 Å². The molecule has 7 heteroatoms. The van der Waals surface area contributed by atoms with Crippen LogP contribution in [0.15, 0.2) is 30.4 Å². The van der Waals surface area contributed by atoms with Crippen molar-refractivity contribution in [2.24, 2.45) is 11.3 Å². The summed E-state index contributed by atoms with van der Waals surface area (Å²) in [4.78, 5) is 25.6. The van der Waals surface area contributed by atoms with Gasteiger partial charge in [0.05, 0.1) is 20.3 Å². The normalized spacial score (nSPS) is 23.2. The summed E-state index contributed by atoms with van der Waals surface area (Å²) < 4.78 is 26.8. The van der Waals surface area contributed by atoms with E-state index >= 15 is 0 Å². The van der Waals surface area contributed by atoms with Crippen molar-refractivity contribution in [3.63, 3.8) is 0 Å². The highest BCUT2D eigenvalue weighted by molar-refractivity contribution is 6.05. The number of hydrogen-bond donors (Lipinski definition) is 0. The summed E-state index contributed by atoms with van der Waals surface area (Å²) in [5.74, 6) is -0.420. The quantitative estimate of drug-likeness (QED) is 0.462. The van der Waals surface area contributed by atoms with Crippen molar-refractivity contribution in [1.29, 1.82) is 0 Å². The SMILES string of the molecule is C=C1C(C(C)C)OC(c2ccc3c(c2)OCO3)C1(C(=O)OC)C(=O)OC. The first-order chi connectivity index (χ1) is 12.4. The Balaban J connectivity index is 2.17. The average Bonchev–Trinajstić information content (AvgIpc) is 3.22. The fraction of sp³-hybridized carbons (Fsp3) is 0.474. The van der Waals surface area contributed by atoms with Gasteiger partial charge < -0.3 is 23.7 Å². The Morgan fingerprint density at radius 1 is 1.15 bits per heavy atom. The molecule has 1 saturated heterocycles. The average molecular weight is 362 g/mol. The number of hydrogen-bond acceptors (Lipinski definition) is 7. The number of esters is 2. The van der Waals surface area contributed by atoms with Gasteiger partial charge in [0.1, 0.15) is 6.10 Å². The van der Waals surface area contributed by atoms with E-state index in [9.17, 15) is 9.59 Å². The lowest BCUT2D eigenvalue weighted by molar-refractivity contribution is -0.171. The van der Waals surface area contributed by atoms with E-state index in [1.807, 2.05) is 13.8 Å². The predicted molar refractivity (Wildman–Crippen MR) is 90.6 cm³/mol. The smallest absolute Gasteiger partial charge is 0.330 e. The van der Waals surface area contributed by atoms with E-state index < -0.39 is 29.6 Å². The first-order valence-corrected chi connectivity index (χ1v) is 8.29. The third-order valence-corrected chi connectivity index (χ3v) is 4.85. The topological polar surface area (TPSA) is 80.3 Å². The largest absolute Gasteiger partial charge is 0.468 e. The molecule has 3 rings (SSSR count). The van der Waals surface area contributed by atoms with Gasteiger partial charge in [-0.05, 0) is 29.2 Å². The number of methoxy groups -OCH3 is 2. The molecule has 0 aromatic heterocycles. The molecule has 0 amide bonds. The zero-order valence-corrected chi connectivity index (χ0v) is 15.2. The van der Waals surface area contributed by atoms with Crippen LogP contribution in [-0.4, -0.2) is 39.1 Å². The van der Waals surface area contributed by atoms with Gasteiger partial charge in [0.2, 0.25) is 12.2 Å². The Labute approximate surface area is 151 Å². The number of carbonyl (C=O) groups is 2. The van der Waals surface area contributed by atoms with E-state index in [0.29, 0.717) is 22.6 Å². The van der Waals surface area contributed by atoms with E-state index in [1.54, 1.807) is 18.2 Å². The van der Waals surface area contributed by atoms with Crippen LogP contribution >= 0.6 is 0 Å². The molecule has 0 bridgehead atoms. The summed E-state index contributed by atoms with van der Waals surface area (Å²) in [5.41, 5.74) is -0.880. The van der Waals surface area contributed by atoms with Gasteiger partial charge in [-0.25, -0.2) is 0 Å². The standard InChI is InChI=1S/C19H22O7/c1-10(2)15-11(3)19(17(20)22-4,18(21)23-5)16(26-15)12-6-7-13-14(8-12)25-9-24-13/h6-8,10,15-16H,3,9H2,1-2,4-5H3. The van der Waals surface area contributed by atoms with Crippen LogP contribution in [0.5, 0.6) is 11.5 Å². The molecule has 26 heavy (non-hydrogen) atoms. The summed E-state index contributed by atoms with van der Waals surface area (Å²) in [5, 5.41) is 0. The van der Waals surface area contributed by atoms with Crippen LogP contribution < -0.4 is 9.47 Å². The van der Waals surface area contributed by atoms with Crippen molar-refractivity contribution < 1.29 is 33.3 Å². The third kappa shape index (κ3) is 2.46. The van der Waals surface area contributed by atoms with Crippen LogP contribution in [-0.2, 0) is 23.8 Å². The lowest BCUT2D eigenvalue weighted by atomic mass is 9.72. The monoisotopic (exact) mass is 362 g/mol. The Kier molecular flexibility index (Phi) is 4.66. The molecule has 0 radical (unpaired) electrons. The minimum atomic E-state index is -1.79. The van der Waals surface area contributed by atoms with Crippen LogP contribution in [0.1, 0.15) is 25.5 Å². The van der Waals surface area contributed by atoms with E-state index in [-0.39, 0.29) is 12.7 Å². The maximum Gasteiger partial charge on any atom is 0.330 e. The fourth-order valence-electron chi connectivity index (χ4n) is 3.57. The minimum absolute atomic E-state index is 0.00445. The van der Waals surface area contributed by atoms with Gasteiger partial charge in [-0.1, -0.05) is 26.5 Å². The first kappa shape index (κ1) is 18.3. The highest BCUT2D eigenvalue weighted by atomic mass is 16.7. The van der Waals surface area contributed by atoms with Crippen LogP contribution in [0.2, 0.25) is 0 Å². The Bertz CT molecular complexity index is 736. The first-order valence-electron chi connectivity index (χ1n) is 8.29. The number of rotatable bonds is 4. The van der Waals surface area contributed by atoms with Crippen molar-refractivity contribution in [2.75, 3.05) is 21.0 Å². The highest BCUT2D eigenvalue weighted by Gasteiger charge is 2.65. The Morgan fingerprint density at radius 3 is 2.35 bits per heavy atom. The molecule has 7 nitrogen and oxygen atoms in total. The van der Waals surface area contributed by atoms with Crippen molar-refractivity contribution in [3.8, 4) is 11.5 Å². The molecule has 0 aliphatic carbocycles. The molecule has 0 spiro atoms. The molecule has 140 valence electrons. The van der Waals surface area contributed by atoms with Crippen molar-refractivity contribution in [2.45, 2.75) is 26.1 Å². The van der Waals surface area contributed by atoms with Gasteiger partial charge in [0, 0.05) is 0 Å². The van der Waals surface area contributed by atoms with Crippen molar-refractivity contribution in [1.82, 2.24) is 0 Å². The third-order valence-electron chi connectivity index (χ3n) is 4.85. The number of fused-ring (bicyclic) bond motifs is 1. The van der Waals surface area contributed by atoms with Crippen LogP contribution in [0, 0.1) is 11.3 Å². The highest BCUT2D eigenvalue weighted by Crippen LogP contribution is 2.55. The molecule has 2 atom stereocenters. The molecular weight excluding hydrogens is 340 g/mol. The van der Waals surface area contributed by atoms with Crippen LogP contribution in [0.25, 0.3) is 0 Å². The zero-order chi connectivity index (χ0) is 19.1. The lowest BCUT2D eigenvalue weighted by Crippen LogP contribution is -2.45. The van der Waals surface area contributed by atoms with Gasteiger partial charge in [0.15, 0.2) is 11.5 Å². The Morgan fingerprint density at radius 2 is 1.77 bits per heavy atom. The molecule has 0 N–H and O–H groups in total. The fourth-order valence-corrected chi connectivity index (χ4v) is 3.57. The summed E-state index contributed by atoms with van der Waals surface area (Å²) >= 11 is 0. The molecule has 2 heterocycles. The van der Waals surface area contributed by atoms with Crippen molar-refractivity contribution in [3.05, 3.63) is 35.9 Å². The maximum atomic E-state index is 12.8. The molecular formula is C19H22O7. The second-order valence-electron chi connectivity index (χ2n) is 6.61. The van der Waals surface area contributed by atoms with Gasteiger partial charge in [-0.15, -0.1) is 0 Å². The van der Waals surface area contributed by atoms with E-state index in [4.69, 9.17) is 23.7 Å². The number of ether oxygens (including phenoxy) is 5. The second kappa shape index (κ2) is 6.64. The van der Waals surface area contributed by atoms with E-state index in [2.05, 4.69) is 6.58 Å². The summed E-state index contributed by atoms with van der Waals surface area (Å²) in [7, 11) is 2.44. The summed E-state index contributed by atoms with van der Waals surface area (Å²) in [6.07, 6.45) is -1.46. The number of carbonyl (C=O) groups excluding carboxylic acids is 2. The molecule has 0 saturated carbocycles. The summed E-state index contributed by atoms with van der Waals surface area (Å²) in [6.45, 7) is 7.99. The molecule has 2 aliphatic heterocycles. The van der Waals surface area contributed by atoms with Gasteiger partial charge in [0.25, 0.3) is 0 Å². The van der Waals surface area contributed by atoms with Crippen LogP contribution in [0.3, 0.4) is 0 Å². The second-order valence-corrected chi connectivity index (χ2v) is 6.61. The molecule has 1 fully saturated rings.